The lowest BCUT2D eigenvalue weighted by molar-refractivity contribution is 0.0984. The summed E-state index contributed by atoms with van der Waals surface area (Å²) in [5.41, 5.74) is 2.29. The van der Waals surface area contributed by atoms with Gasteiger partial charge in [0, 0.05) is 31.1 Å². The van der Waals surface area contributed by atoms with Crippen molar-refractivity contribution in [1.29, 1.82) is 0 Å². The van der Waals surface area contributed by atoms with Crippen LogP contribution in [0.2, 0.25) is 0 Å². The van der Waals surface area contributed by atoms with Crippen molar-refractivity contribution < 1.29 is 9.21 Å². The molecular formula is C11H15NO2. The molecule has 76 valence electrons. The Morgan fingerprint density at radius 1 is 1.57 bits per heavy atom. The zero-order valence-corrected chi connectivity index (χ0v) is 8.67. The summed E-state index contributed by atoms with van der Waals surface area (Å²) in [7, 11) is 0. The molecule has 0 amide bonds. The van der Waals surface area contributed by atoms with E-state index >= 15 is 0 Å². The highest BCUT2D eigenvalue weighted by Crippen LogP contribution is 2.27. The molecule has 1 aliphatic rings. The average Bonchev–Trinajstić information content (AvgIpc) is 2.62. The van der Waals surface area contributed by atoms with Crippen LogP contribution in [0.25, 0.3) is 0 Å². The van der Waals surface area contributed by atoms with E-state index in [0.29, 0.717) is 5.76 Å². The average molecular weight is 193 g/mol. The molecule has 1 aliphatic heterocycles. The monoisotopic (exact) mass is 193 g/mol. The molecule has 0 aliphatic carbocycles. The van der Waals surface area contributed by atoms with Gasteiger partial charge in [0.2, 0.25) is 0 Å². The quantitative estimate of drug-likeness (QED) is 0.690. The lowest BCUT2D eigenvalue weighted by Gasteiger charge is -2.12. The van der Waals surface area contributed by atoms with E-state index in [1.54, 1.807) is 13.2 Å². The van der Waals surface area contributed by atoms with Gasteiger partial charge in [-0.05, 0) is 13.0 Å². The first-order valence-corrected chi connectivity index (χ1v) is 5.05. The highest BCUT2D eigenvalue weighted by atomic mass is 16.3. The van der Waals surface area contributed by atoms with Crippen LogP contribution in [0.4, 0.5) is 0 Å². The summed E-state index contributed by atoms with van der Waals surface area (Å²) in [4.78, 5) is 13.6. The van der Waals surface area contributed by atoms with E-state index in [2.05, 4.69) is 11.8 Å². The van der Waals surface area contributed by atoms with E-state index in [-0.39, 0.29) is 5.78 Å². The Morgan fingerprint density at radius 2 is 2.36 bits per heavy atom. The third kappa shape index (κ3) is 1.48. The number of rotatable bonds is 3. The molecule has 0 fully saturated rings. The standard InChI is InChI=1S/C11H15NO2/c1-3-4-12-5-9-7-14-11(8(2)13)10(9)6-12/h7H,3-6H2,1-2H3. The number of carbonyl (C=O) groups excluding carboxylic acids is 1. The van der Waals surface area contributed by atoms with Crippen LogP contribution in [0.1, 0.15) is 41.9 Å². The number of ketones is 1. The first kappa shape index (κ1) is 9.46. The van der Waals surface area contributed by atoms with E-state index in [1.165, 1.54) is 5.56 Å². The van der Waals surface area contributed by atoms with E-state index < -0.39 is 0 Å². The molecule has 1 aromatic heterocycles. The minimum Gasteiger partial charge on any atom is -0.461 e. The Morgan fingerprint density at radius 3 is 3.00 bits per heavy atom. The van der Waals surface area contributed by atoms with Gasteiger partial charge in [-0.3, -0.25) is 9.69 Å². The lowest BCUT2D eigenvalue weighted by Crippen LogP contribution is -2.17. The number of furan rings is 1. The summed E-state index contributed by atoms with van der Waals surface area (Å²) in [6.07, 6.45) is 2.87. The van der Waals surface area contributed by atoms with Crippen LogP contribution in [0.15, 0.2) is 10.7 Å². The molecule has 0 radical (unpaired) electrons. The summed E-state index contributed by atoms with van der Waals surface area (Å²) in [6.45, 7) is 6.61. The molecule has 0 N–H and O–H groups in total. The molecule has 3 nitrogen and oxygen atoms in total. The Bertz CT molecular complexity index is 354. The summed E-state index contributed by atoms with van der Waals surface area (Å²) in [5.74, 6) is 0.586. The molecule has 0 bridgehead atoms. The van der Waals surface area contributed by atoms with Gasteiger partial charge in [-0.15, -0.1) is 0 Å². The van der Waals surface area contributed by atoms with Gasteiger partial charge in [-0.1, -0.05) is 6.92 Å². The van der Waals surface area contributed by atoms with E-state index in [9.17, 15) is 4.79 Å². The SMILES string of the molecule is CCCN1Cc2coc(C(C)=O)c2C1. The molecule has 3 heteroatoms. The van der Waals surface area contributed by atoms with Crippen molar-refractivity contribution in [2.45, 2.75) is 33.4 Å². The van der Waals surface area contributed by atoms with Crippen LogP contribution >= 0.6 is 0 Å². The smallest absolute Gasteiger partial charge is 0.195 e. The lowest BCUT2D eigenvalue weighted by atomic mass is 10.1. The maximum atomic E-state index is 11.2. The fraction of sp³-hybridized carbons (Fsp3) is 0.545. The molecule has 1 aromatic rings. The Hall–Kier alpha value is -1.09. The van der Waals surface area contributed by atoms with Crippen molar-refractivity contribution in [2.24, 2.45) is 0 Å². The number of nitrogens with zero attached hydrogens (tertiary/aromatic N) is 1. The highest BCUT2D eigenvalue weighted by molar-refractivity contribution is 5.93. The fourth-order valence-corrected chi connectivity index (χ4v) is 2.01. The van der Waals surface area contributed by atoms with Gasteiger partial charge >= 0.3 is 0 Å². The summed E-state index contributed by atoms with van der Waals surface area (Å²) in [6, 6.07) is 0. The van der Waals surface area contributed by atoms with Crippen LogP contribution in [-0.4, -0.2) is 17.2 Å². The predicted molar refractivity (Wildman–Crippen MR) is 53.1 cm³/mol. The van der Waals surface area contributed by atoms with Crippen LogP contribution in [0.5, 0.6) is 0 Å². The van der Waals surface area contributed by atoms with Gasteiger partial charge in [0.05, 0.1) is 6.26 Å². The molecule has 14 heavy (non-hydrogen) atoms. The van der Waals surface area contributed by atoms with Crippen molar-refractivity contribution in [1.82, 2.24) is 4.90 Å². The van der Waals surface area contributed by atoms with E-state index in [1.807, 2.05) is 0 Å². The van der Waals surface area contributed by atoms with Crippen LogP contribution in [0.3, 0.4) is 0 Å². The van der Waals surface area contributed by atoms with E-state index in [4.69, 9.17) is 4.42 Å². The third-order valence-corrected chi connectivity index (χ3v) is 2.62. The Labute approximate surface area is 83.7 Å². The maximum Gasteiger partial charge on any atom is 0.195 e. The van der Waals surface area contributed by atoms with Gasteiger partial charge in [0.1, 0.15) is 0 Å². The highest BCUT2D eigenvalue weighted by Gasteiger charge is 2.25. The fourth-order valence-electron chi connectivity index (χ4n) is 2.01. The second-order valence-corrected chi connectivity index (χ2v) is 3.84. The number of Topliss-reactive ketones (excluding diaryl/α,β-unsaturated/α-hetero) is 1. The van der Waals surface area contributed by atoms with Crippen molar-refractivity contribution in [3.8, 4) is 0 Å². The molecule has 0 saturated carbocycles. The number of carbonyl (C=O) groups is 1. The molecule has 0 saturated heterocycles. The first-order valence-electron chi connectivity index (χ1n) is 5.05. The van der Waals surface area contributed by atoms with Crippen LogP contribution < -0.4 is 0 Å². The van der Waals surface area contributed by atoms with Crippen molar-refractivity contribution in [2.75, 3.05) is 6.54 Å². The van der Waals surface area contributed by atoms with Gasteiger partial charge in [-0.2, -0.15) is 0 Å². The van der Waals surface area contributed by atoms with Gasteiger partial charge in [0.15, 0.2) is 11.5 Å². The zero-order valence-electron chi connectivity index (χ0n) is 8.67. The Kier molecular flexibility index (Phi) is 2.42. The van der Waals surface area contributed by atoms with Crippen LogP contribution in [-0.2, 0) is 13.1 Å². The third-order valence-electron chi connectivity index (χ3n) is 2.62. The number of fused-ring (bicyclic) bond motifs is 1. The molecule has 2 heterocycles. The minimum absolute atomic E-state index is 0.0320. The summed E-state index contributed by atoms with van der Waals surface area (Å²) in [5, 5.41) is 0. The topological polar surface area (TPSA) is 33.5 Å². The molecule has 0 atom stereocenters. The summed E-state index contributed by atoms with van der Waals surface area (Å²) >= 11 is 0. The first-order chi connectivity index (χ1) is 6.72. The Balaban J connectivity index is 2.19. The van der Waals surface area contributed by atoms with Gasteiger partial charge in [-0.25, -0.2) is 0 Å². The molecule has 0 aromatic carbocycles. The largest absolute Gasteiger partial charge is 0.461 e. The molecular weight excluding hydrogens is 178 g/mol. The van der Waals surface area contributed by atoms with E-state index in [0.717, 1.165) is 31.6 Å². The second kappa shape index (κ2) is 3.58. The van der Waals surface area contributed by atoms with Gasteiger partial charge < -0.3 is 4.42 Å². The van der Waals surface area contributed by atoms with Crippen LogP contribution in [0, 0.1) is 0 Å². The molecule has 0 spiro atoms. The van der Waals surface area contributed by atoms with Gasteiger partial charge in [0.25, 0.3) is 0 Å². The molecule has 2 rings (SSSR count). The number of hydrogen-bond acceptors (Lipinski definition) is 3. The molecule has 0 unspecified atom stereocenters. The van der Waals surface area contributed by atoms with Crippen molar-refractivity contribution in [3.63, 3.8) is 0 Å². The zero-order chi connectivity index (χ0) is 10.1. The maximum absolute atomic E-state index is 11.2. The normalized spacial score (nSPS) is 15.9. The minimum atomic E-state index is 0.0320. The predicted octanol–water partition coefficient (Wildman–Crippen LogP) is 2.21. The van der Waals surface area contributed by atoms with Crippen molar-refractivity contribution >= 4 is 5.78 Å². The second-order valence-electron chi connectivity index (χ2n) is 3.84. The number of hydrogen-bond donors (Lipinski definition) is 0. The van der Waals surface area contributed by atoms with Crippen molar-refractivity contribution in [3.05, 3.63) is 23.2 Å². The summed E-state index contributed by atoms with van der Waals surface area (Å²) < 4.78 is 5.25.